The van der Waals surface area contributed by atoms with Crippen LogP contribution in [0.1, 0.15) is 47.9 Å². The molecule has 2 aromatic carbocycles. The molecule has 6 nitrogen and oxygen atoms in total. The minimum absolute atomic E-state index is 0.0739. The zero-order valence-corrected chi connectivity index (χ0v) is 19.7. The topological polar surface area (TPSA) is 71.0 Å². The highest BCUT2D eigenvalue weighted by Crippen LogP contribution is 2.27. The third-order valence-electron chi connectivity index (χ3n) is 6.31. The second-order valence-electron chi connectivity index (χ2n) is 8.81. The zero-order valence-electron chi connectivity index (χ0n) is 19.7. The van der Waals surface area contributed by atoms with Gasteiger partial charge in [0.05, 0.1) is 14.2 Å². The van der Waals surface area contributed by atoms with Crippen LogP contribution < -0.4 is 14.8 Å². The molecular formula is C26H36N2O4. The number of carbonyl (C=O) groups is 1. The van der Waals surface area contributed by atoms with Crippen molar-refractivity contribution in [2.75, 3.05) is 27.3 Å². The summed E-state index contributed by atoms with van der Waals surface area (Å²) in [5.41, 5.74) is 4.03. The normalized spacial score (nSPS) is 16.6. The number of piperidine rings is 1. The number of rotatable bonds is 9. The van der Waals surface area contributed by atoms with E-state index in [2.05, 4.69) is 22.3 Å². The molecule has 32 heavy (non-hydrogen) atoms. The maximum atomic E-state index is 12.4. The molecule has 2 aromatic rings. The number of hydrogen-bond acceptors (Lipinski definition) is 5. The lowest BCUT2D eigenvalue weighted by Crippen LogP contribution is -2.35. The van der Waals surface area contributed by atoms with E-state index >= 15 is 0 Å². The van der Waals surface area contributed by atoms with Crippen LogP contribution in [0.2, 0.25) is 0 Å². The van der Waals surface area contributed by atoms with Gasteiger partial charge >= 0.3 is 0 Å². The molecule has 1 unspecified atom stereocenters. The number of ether oxygens (including phenoxy) is 2. The van der Waals surface area contributed by atoms with Gasteiger partial charge in [0.2, 0.25) is 5.91 Å². The molecular weight excluding hydrogens is 404 g/mol. The predicted molar refractivity (Wildman–Crippen MR) is 126 cm³/mol. The van der Waals surface area contributed by atoms with Crippen LogP contribution in [0.25, 0.3) is 0 Å². The van der Waals surface area contributed by atoms with Crippen molar-refractivity contribution in [3.8, 4) is 17.2 Å². The molecule has 174 valence electrons. The van der Waals surface area contributed by atoms with Crippen LogP contribution in [0.5, 0.6) is 17.2 Å². The van der Waals surface area contributed by atoms with E-state index in [1.54, 1.807) is 14.2 Å². The maximum Gasteiger partial charge on any atom is 0.220 e. The highest BCUT2D eigenvalue weighted by atomic mass is 16.5. The van der Waals surface area contributed by atoms with Gasteiger partial charge in [-0.2, -0.15) is 0 Å². The fourth-order valence-corrected chi connectivity index (χ4v) is 4.54. The van der Waals surface area contributed by atoms with Gasteiger partial charge < -0.3 is 19.9 Å². The summed E-state index contributed by atoms with van der Waals surface area (Å²) < 4.78 is 10.6. The number of likely N-dealkylation sites (tertiary alicyclic amines) is 1. The van der Waals surface area contributed by atoms with Gasteiger partial charge in [-0.15, -0.1) is 0 Å². The van der Waals surface area contributed by atoms with E-state index in [-0.39, 0.29) is 5.91 Å². The largest absolute Gasteiger partial charge is 0.507 e. The molecule has 1 saturated heterocycles. The Balaban J connectivity index is 1.46. The van der Waals surface area contributed by atoms with E-state index in [0.29, 0.717) is 30.4 Å². The first-order valence-corrected chi connectivity index (χ1v) is 11.4. The summed E-state index contributed by atoms with van der Waals surface area (Å²) in [6, 6.07) is 9.77. The van der Waals surface area contributed by atoms with Crippen LogP contribution in [-0.4, -0.2) is 43.2 Å². The van der Waals surface area contributed by atoms with Crippen molar-refractivity contribution in [3.05, 3.63) is 52.6 Å². The van der Waals surface area contributed by atoms with Crippen LogP contribution in [0.15, 0.2) is 30.3 Å². The van der Waals surface area contributed by atoms with Crippen LogP contribution in [0.3, 0.4) is 0 Å². The van der Waals surface area contributed by atoms with Crippen molar-refractivity contribution in [1.29, 1.82) is 0 Å². The Hall–Kier alpha value is -2.73. The highest BCUT2D eigenvalue weighted by molar-refractivity contribution is 5.75. The molecule has 0 radical (unpaired) electrons. The molecule has 1 aliphatic heterocycles. The molecule has 1 amide bonds. The molecule has 3 rings (SSSR count). The van der Waals surface area contributed by atoms with Crippen molar-refractivity contribution in [1.82, 2.24) is 10.2 Å². The number of amides is 1. The van der Waals surface area contributed by atoms with E-state index in [0.717, 1.165) is 54.9 Å². The van der Waals surface area contributed by atoms with E-state index < -0.39 is 0 Å². The molecule has 1 heterocycles. The number of aromatic hydroxyl groups is 1. The quantitative estimate of drug-likeness (QED) is 0.607. The Bertz CT molecular complexity index is 905. The van der Waals surface area contributed by atoms with Gasteiger partial charge in [-0.05, 0) is 74.4 Å². The second-order valence-corrected chi connectivity index (χ2v) is 8.81. The van der Waals surface area contributed by atoms with E-state index in [1.807, 2.05) is 32.0 Å². The third-order valence-corrected chi connectivity index (χ3v) is 6.31. The van der Waals surface area contributed by atoms with E-state index in [1.165, 1.54) is 12.0 Å². The van der Waals surface area contributed by atoms with Crippen LogP contribution in [0, 0.1) is 19.8 Å². The number of nitrogens with one attached hydrogen (secondary N) is 1. The Kier molecular flexibility index (Phi) is 8.39. The number of phenols is 1. The Morgan fingerprint density at radius 3 is 2.59 bits per heavy atom. The van der Waals surface area contributed by atoms with E-state index in [4.69, 9.17) is 9.47 Å². The second kappa shape index (κ2) is 11.2. The van der Waals surface area contributed by atoms with Crippen LogP contribution >= 0.6 is 0 Å². The number of hydrogen-bond donors (Lipinski definition) is 2. The summed E-state index contributed by atoms with van der Waals surface area (Å²) >= 11 is 0. The SMILES string of the molecule is COc1ccc(CNC(=O)CCC2CCCN(Cc3cc(C)c(O)c(C)c3)C2)c(OC)c1. The van der Waals surface area contributed by atoms with Crippen molar-refractivity contribution in [2.24, 2.45) is 5.92 Å². The zero-order chi connectivity index (χ0) is 23.1. The first-order chi connectivity index (χ1) is 15.4. The summed E-state index contributed by atoms with van der Waals surface area (Å²) in [5, 5.41) is 13.0. The summed E-state index contributed by atoms with van der Waals surface area (Å²) in [7, 11) is 3.24. The minimum atomic E-state index is 0.0739. The highest BCUT2D eigenvalue weighted by Gasteiger charge is 2.21. The Morgan fingerprint density at radius 2 is 1.91 bits per heavy atom. The van der Waals surface area contributed by atoms with Crippen molar-refractivity contribution in [3.63, 3.8) is 0 Å². The molecule has 0 aliphatic carbocycles. The van der Waals surface area contributed by atoms with Crippen molar-refractivity contribution < 1.29 is 19.4 Å². The molecule has 0 spiro atoms. The number of methoxy groups -OCH3 is 2. The van der Waals surface area contributed by atoms with Crippen molar-refractivity contribution >= 4 is 5.91 Å². The molecule has 0 aromatic heterocycles. The van der Waals surface area contributed by atoms with Gasteiger partial charge in [0.25, 0.3) is 0 Å². The number of nitrogens with zero attached hydrogens (tertiary/aromatic N) is 1. The smallest absolute Gasteiger partial charge is 0.220 e. The first kappa shape index (κ1) is 23.9. The average molecular weight is 441 g/mol. The number of aryl methyl sites for hydroxylation is 2. The molecule has 1 aliphatic rings. The lowest BCUT2D eigenvalue weighted by Gasteiger charge is -2.33. The fourth-order valence-electron chi connectivity index (χ4n) is 4.54. The predicted octanol–water partition coefficient (Wildman–Crippen LogP) is 4.33. The standard InChI is InChI=1S/C26H36N2O4/c1-18-12-21(13-19(2)26(18)30)17-28-11-5-6-20(16-28)7-10-25(29)27-15-22-8-9-23(31-3)14-24(22)32-4/h8-9,12-14,20,30H,5-7,10-11,15-17H2,1-4H3,(H,27,29). The molecule has 0 saturated carbocycles. The Morgan fingerprint density at radius 1 is 1.16 bits per heavy atom. The Labute approximate surface area is 191 Å². The van der Waals surface area contributed by atoms with E-state index in [9.17, 15) is 9.90 Å². The number of phenolic OH excluding ortho intramolecular Hbond substituents is 1. The fraction of sp³-hybridized carbons (Fsp3) is 0.500. The first-order valence-electron chi connectivity index (χ1n) is 11.4. The molecule has 1 atom stereocenters. The molecule has 6 heteroatoms. The number of carbonyl (C=O) groups excluding carboxylic acids is 1. The van der Waals surface area contributed by atoms with Gasteiger partial charge in [0.15, 0.2) is 0 Å². The summed E-state index contributed by atoms with van der Waals surface area (Å²) in [5.74, 6) is 2.45. The van der Waals surface area contributed by atoms with Gasteiger partial charge in [-0.1, -0.05) is 12.1 Å². The lowest BCUT2D eigenvalue weighted by atomic mass is 9.92. The minimum Gasteiger partial charge on any atom is -0.507 e. The lowest BCUT2D eigenvalue weighted by molar-refractivity contribution is -0.121. The van der Waals surface area contributed by atoms with Gasteiger partial charge in [0, 0.05) is 37.7 Å². The maximum absolute atomic E-state index is 12.4. The molecule has 0 bridgehead atoms. The summed E-state index contributed by atoms with van der Waals surface area (Å²) in [6.45, 7) is 7.33. The van der Waals surface area contributed by atoms with Crippen LogP contribution in [-0.2, 0) is 17.9 Å². The van der Waals surface area contributed by atoms with Gasteiger partial charge in [0.1, 0.15) is 17.2 Å². The summed E-state index contributed by atoms with van der Waals surface area (Å²) in [4.78, 5) is 14.9. The number of benzene rings is 2. The van der Waals surface area contributed by atoms with Gasteiger partial charge in [-0.25, -0.2) is 0 Å². The average Bonchev–Trinajstić information content (AvgIpc) is 2.80. The third kappa shape index (κ3) is 6.39. The van der Waals surface area contributed by atoms with Crippen LogP contribution in [0.4, 0.5) is 0 Å². The molecule has 2 N–H and O–H groups in total. The van der Waals surface area contributed by atoms with Crippen molar-refractivity contribution in [2.45, 2.75) is 52.6 Å². The van der Waals surface area contributed by atoms with Gasteiger partial charge in [-0.3, -0.25) is 9.69 Å². The molecule has 1 fully saturated rings. The summed E-state index contributed by atoms with van der Waals surface area (Å²) in [6.07, 6.45) is 3.76. The monoisotopic (exact) mass is 440 g/mol.